The van der Waals surface area contributed by atoms with Crippen molar-refractivity contribution in [1.82, 2.24) is 5.32 Å². The van der Waals surface area contributed by atoms with E-state index >= 15 is 0 Å². The zero-order chi connectivity index (χ0) is 17.1. The van der Waals surface area contributed by atoms with Crippen LogP contribution in [0.1, 0.15) is 48.1 Å². The molecule has 3 heteroatoms. The fourth-order valence-electron chi connectivity index (χ4n) is 3.24. The molecule has 0 bridgehead atoms. The second kappa shape index (κ2) is 7.08. The lowest BCUT2D eigenvalue weighted by Gasteiger charge is -2.27. The van der Waals surface area contributed by atoms with E-state index in [1.54, 1.807) is 6.92 Å². The number of rotatable bonds is 4. The molecule has 3 nitrogen and oxygen atoms in total. The van der Waals surface area contributed by atoms with Gasteiger partial charge in [-0.2, -0.15) is 0 Å². The Bertz CT molecular complexity index is 738. The second-order valence-corrected chi connectivity index (χ2v) is 6.66. The Hall–Kier alpha value is -2.29. The molecule has 1 aliphatic rings. The van der Waals surface area contributed by atoms with E-state index in [1.165, 1.54) is 22.3 Å². The van der Waals surface area contributed by atoms with Crippen molar-refractivity contribution >= 4 is 5.91 Å². The highest BCUT2D eigenvalue weighted by Crippen LogP contribution is 2.29. The predicted octanol–water partition coefficient (Wildman–Crippen LogP) is 4.26. The molecule has 2 aromatic carbocycles. The van der Waals surface area contributed by atoms with Crippen LogP contribution in [0.15, 0.2) is 42.5 Å². The van der Waals surface area contributed by atoms with Gasteiger partial charge < -0.3 is 10.1 Å². The van der Waals surface area contributed by atoms with E-state index in [0.717, 1.165) is 25.0 Å². The van der Waals surface area contributed by atoms with Crippen molar-refractivity contribution in [2.45, 2.75) is 52.2 Å². The lowest BCUT2D eigenvalue weighted by Crippen LogP contribution is -2.39. The Morgan fingerprint density at radius 2 is 1.96 bits per heavy atom. The van der Waals surface area contributed by atoms with Gasteiger partial charge in [-0.05, 0) is 74.4 Å². The third kappa shape index (κ3) is 3.61. The van der Waals surface area contributed by atoms with Crippen LogP contribution in [0.3, 0.4) is 0 Å². The van der Waals surface area contributed by atoms with Crippen molar-refractivity contribution in [3.8, 4) is 5.75 Å². The predicted molar refractivity (Wildman–Crippen MR) is 96.3 cm³/mol. The maximum Gasteiger partial charge on any atom is 0.261 e. The van der Waals surface area contributed by atoms with Crippen molar-refractivity contribution in [1.29, 1.82) is 0 Å². The van der Waals surface area contributed by atoms with Gasteiger partial charge in [-0.15, -0.1) is 0 Å². The van der Waals surface area contributed by atoms with Crippen LogP contribution in [0.5, 0.6) is 5.75 Å². The Morgan fingerprint density at radius 3 is 2.75 bits per heavy atom. The summed E-state index contributed by atoms with van der Waals surface area (Å²) in [5.41, 5.74) is 4.98. The number of nitrogens with one attached hydrogen (secondary N) is 1. The summed E-state index contributed by atoms with van der Waals surface area (Å²) in [5.74, 6) is 0.680. The molecule has 24 heavy (non-hydrogen) atoms. The number of amides is 1. The quantitative estimate of drug-likeness (QED) is 0.913. The largest absolute Gasteiger partial charge is 0.481 e. The SMILES string of the molecule is Cc1ccc(OC(C)C(=O)NC2CCCc3ccccc32)cc1C. The Labute approximate surface area is 144 Å². The second-order valence-electron chi connectivity index (χ2n) is 6.66. The molecule has 3 rings (SSSR count). The molecule has 2 unspecified atom stereocenters. The number of aryl methyl sites for hydroxylation is 3. The summed E-state index contributed by atoms with van der Waals surface area (Å²) in [4.78, 5) is 12.5. The van der Waals surface area contributed by atoms with Crippen molar-refractivity contribution in [2.24, 2.45) is 0 Å². The van der Waals surface area contributed by atoms with Crippen LogP contribution in [-0.4, -0.2) is 12.0 Å². The van der Waals surface area contributed by atoms with Crippen LogP contribution in [0.2, 0.25) is 0 Å². The molecule has 0 saturated carbocycles. The van der Waals surface area contributed by atoms with Gasteiger partial charge in [-0.25, -0.2) is 0 Å². The van der Waals surface area contributed by atoms with Gasteiger partial charge >= 0.3 is 0 Å². The van der Waals surface area contributed by atoms with Gasteiger partial charge in [0.15, 0.2) is 6.10 Å². The van der Waals surface area contributed by atoms with Crippen molar-refractivity contribution in [3.05, 3.63) is 64.7 Å². The Morgan fingerprint density at radius 1 is 1.17 bits per heavy atom. The van der Waals surface area contributed by atoms with Crippen LogP contribution >= 0.6 is 0 Å². The first-order valence-corrected chi connectivity index (χ1v) is 8.66. The van der Waals surface area contributed by atoms with Gasteiger partial charge in [0, 0.05) is 0 Å². The number of hydrogen-bond acceptors (Lipinski definition) is 2. The summed E-state index contributed by atoms with van der Waals surface area (Å²) in [7, 11) is 0. The molecule has 2 aromatic rings. The van der Waals surface area contributed by atoms with Crippen LogP contribution < -0.4 is 10.1 Å². The van der Waals surface area contributed by atoms with Crippen LogP contribution in [-0.2, 0) is 11.2 Å². The summed E-state index contributed by atoms with van der Waals surface area (Å²) in [6.45, 7) is 5.92. The molecule has 0 radical (unpaired) electrons. The van der Waals surface area contributed by atoms with E-state index in [4.69, 9.17) is 4.74 Å². The van der Waals surface area contributed by atoms with Gasteiger partial charge in [-0.3, -0.25) is 4.79 Å². The fraction of sp³-hybridized carbons (Fsp3) is 0.381. The molecule has 0 spiro atoms. The van der Waals surface area contributed by atoms with E-state index < -0.39 is 6.10 Å². The monoisotopic (exact) mass is 323 g/mol. The third-order valence-electron chi connectivity index (χ3n) is 4.85. The van der Waals surface area contributed by atoms with Crippen molar-refractivity contribution in [3.63, 3.8) is 0 Å². The van der Waals surface area contributed by atoms with Gasteiger partial charge in [0.05, 0.1) is 6.04 Å². The third-order valence-corrected chi connectivity index (χ3v) is 4.85. The molecule has 0 heterocycles. The number of hydrogen-bond donors (Lipinski definition) is 1. The number of benzene rings is 2. The molecule has 126 valence electrons. The Balaban J connectivity index is 1.65. The number of carbonyl (C=O) groups excluding carboxylic acids is 1. The minimum absolute atomic E-state index is 0.0602. The molecule has 0 saturated heterocycles. The van der Waals surface area contributed by atoms with Crippen molar-refractivity contribution in [2.75, 3.05) is 0 Å². The first-order chi connectivity index (χ1) is 11.5. The minimum Gasteiger partial charge on any atom is -0.481 e. The summed E-state index contributed by atoms with van der Waals surface area (Å²) >= 11 is 0. The smallest absolute Gasteiger partial charge is 0.261 e. The summed E-state index contributed by atoms with van der Waals surface area (Å²) < 4.78 is 5.83. The molecule has 1 amide bonds. The summed E-state index contributed by atoms with van der Waals surface area (Å²) in [6.07, 6.45) is 2.67. The molecular formula is C21H25NO2. The van der Waals surface area contributed by atoms with Crippen LogP contribution in [0, 0.1) is 13.8 Å². The average molecular weight is 323 g/mol. The molecule has 0 aromatic heterocycles. The first-order valence-electron chi connectivity index (χ1n) is 8.66. The highest BCUT2D eigenvalue weighted by atomic mass is 16.5. The fourth-order valence-corrected chi connectivity index (χ4v) is 3.24. The standard InChI is InChI=1S/C21H25NO2/c1-14-11-12-18(13-15(14)2)24-16(3)21(23)22-20-10-6-8-17-7-4-5-9-19(17)20/h4-5,7,9,11-13,16,20H,6,8,10H2,1-3H3,(H,22,23). The number of fused-ring (bicyclic) bond motifs is 1. The van der Waals surface area contributed by atoms with Crippen LogP contribution in [0.25, 0.3) is 0 Å². The summed E-state index contributed by atoms with van der Waals surface area (Å²) in [5, 5.41) is 3.16. The highest BCUT2D eigenvalue weighted by molar-refractivity contribution is 5.81. The first kappa shape index (κ1) is 16.6. The topological polar surface area (TPSA) is 38.3 Å². The zero-order valence-electron chi connectivity index (χ0n) is 14.6. The molecule has 0 fully saturated rings. The van der Waals surface area contributed by atoms with E-state index in [9.17, 15) is 4.79 Å². The normalized spacial score (nSPS) is 17.7. The van der Waals surface area contributed by atoms with E-state index in [1.807, 2.05) is 31.2 Å². The molecule has 0 aliphatic heterocycles. The van der Waals surface area contributed by atoms with Crippen molar-refractivity contribution < 1.29 is 9.53 Å². The molecule has 2 atom stereocenters. The lowest BCUT2D eigenvalue weighted by atomic mass is 9.87. The molecular weight excluding hydrogens is 298 g/mol. The van der Waals surface area contributed by atoms with Gasteiger partial charge in [0.2, 0.25) is 0 Å². The molecule has 1 N–H and O–H groups in total. The highest BCUT2D eigenvalue weighted by Gasteiger charge is 2.24. The maximum absolute atomic E-state index is 12.5. The van der Waals surface area contributed by atoms with Gasteiger partial charge in [-0.1, -0.05) is 30.3 Å². The molecule has 1 aliphatic carbocycles. The summed E-state index contributed by atoms with van der Waals surface area (Å²) in [6, 6.07) is 14.4. The minimum atomic E-state index is -0.513. The van der Waals surface area contributed by atoms with Gasteiger partial charge in [0.25, 0.3) is 5.91 Å². The van der Waals surface area contributed by atoms with E-state index in [0.29, 0.717) is 0 Å². The maximum atomic E-state index is 12.5. The number of carbonyl (C=O) groups is 1. The number of ether oxygens (including phenoxy) is 1. The van der Waals surface area contributed by atoms with Gasteiger partial charge in [0.1, 0.15) is 5.75 Å². The Kier molecular flexibility index (Phi) is 4.89. The van der Waals surface area contributed by atoms with Crippen LogP contribution in [0.4, 0.5) is 0 Å². The zero-order valence-corrected chi connectivity index (χ0v) is 14.6. The van der Waals surface area contributed by atoms with E-state index in [2.05, 4.69) is 30.4 Å². The van der Waals surface area contributed by atoms with E-state index in [-0.39, 0.29) is 11.9 Å². The lowest BCUT2D eigenvalue weighted by molar-refractivity contribution is -0.128. The average Bonchev–Trinajstić information content (AvgIpc) is 2.58.